The van der Waals surface area contributed by atoms with Crippen LogP contribution in [0.2, 0.25) is 5.02 Å². The summed E-state index contributed by atoms with van der Waals surface area (Å²) in [5.74, 6) is 0. The molecule has 0 aliphatic heterocycles. The van der Waals surface area contributed by atoms with E-state index in [1.165, 1.54) is 32.1 Å². The summed E-state index contributed by atoms with van der Waals surface area (Å²) in [7, 11) is 0. The van der Waals surface area contributed by atoms with E-state index in [4.69, 9.17) is 11.6 Å². The standard InChI is InChI=1S/C17H21ClN2O/c18-14-6-4-5-13(11-14)17(21)12-15-9-10-20(19-15)16-7-2-1-3-8-16/h4-6,9-11,16-17,21H,1-3,7-8,12H2. The van der Waals surface area contributed by atoms with Crippen molar-refractivity contribution in [2.24, 2.45) is 0 Å². The molecule has 0 saturated heterocycles. The van der Waals surface area contributed by atoms with Crippen LogP contribution in [-0.2, 0) is 6.42 Å². The van der Waals surface area contributed by atoms with Gasteiger partial charge in [0.15, 0.2) is 0 Å². The molecule has 1 saturated carbocycles. The van der Waals surface area contributed by atoms with Crippen LogP contribution >= 0.6 is 11.6 Å². The fourth-order valence-corrected chi connectivity index (χ4v) is 3.26. The van der Waals surface area contributed by atoms with Gasteiger partial charge in [0, 0.05) is 17.6 Å². The average Bonchev–Trinajstić information content (AvgIpc) is 2.97. The number of benzene rings is 1. The predicted molar refractivity (Wildman–Crippen MR) is 84.5 cm³/mol. The van der Waals surface area contributed by atoms with E-state index in [1.807, 2.05) is 30.3 Å². The van der Waals surface area contributed by atoms with Crippen molar-refractivity contribution in [3.05, 3.63) is 52.8 Å². The molecule has 1 atom stereocenters. The van der Waals surface area contributed by atoms with Crippen LogP contribution < -0.4 is 0 Å². The van der Waals surface area contributed by atoms with Crippen LogP contribution in [-0.4, -0.2) is 14.9 Å². The third kappa shape index (κ3) is 3.66. The molecule has 1 fully saturated rings. The Bertz CT molecular complexity index is 590. The number of nitrogens with zero attached hydrogens (tertiary/aromatic N) is 2. The van der Waals surface area contributed by atoms with E-state index >= 15 is 0 Å². The number of rotatable bonds is 4. The summed E-state index contributed by atoms with van der Waals surface area (Å²) in [6.45, 7) is 0. The number of aliphatic hydroxyl groups is 1. The van der Waals surface area contributed by atoms with E-state index < -0.39 is 6.10 Å². The Hall–Kier alpha value is -1.32. The highest BCUT2D eigenvalue weighted by Gasteiger charge is 2.17. The van der Waals surface area contributed by atoms with E-state index in [0.717, 1.165) is 11.3 Å². The lowest BCUT2D eigenvalue weighted by atomic mass is 9.96. The maximum absolute atomic E-state index is 10.3. The molecule has 1 aliphatic carbocycles. The molecular weight excluding hydrogens is 284 g/mol. The van der Waals surface area contributed by atoms with Crippen molar-refractivity contribution in [1.29, 1.82) is 0 Å². The van der Waals surface area contributed by atoms with Gasteiger partial charge in [-0.05, 0) is 36.6 Å². The van der Waals surface area contributed by atoms with Crippen molar-refractivity contribution in [2.75, 3.05) is 0 Å². The highest BCUT2D eigenvalue weighted by Crippen LogP contribution is 2.28. The lowest BCUT2D eigenvalue weighted by molar-refractivity contribution is 0.176. The van der Waals surface area contributed by atoms with Crippen LogP contribution in [0.25, 0.3) is 0 Å². The van der Waals surface area contributed by atoms with Crippen LogP contribution in [0.4, 0.5) is 0 Å². The van der Waals surface area contributed by atoms with Gasteiger partial charge >= 0.3 is 0 Å². The minimum atomic E-state index is -0.557. The Morgan fingerprint density at radius 1 is 1.24 bits per heavy atom. The van der Waals surface area contributed by atoms with E-state index in [9.17, 15) is 5.11 Å². The largest absolute Gasteiger partial charge is 0.388 e. The van der Waals surface area contributed by atoms with Gasteiger partial charge in [0.05, 0.1) is 17.8 Å². The van der Waals surface area contributed by atoms with Gasteiger partial charge in [-0.2, -0.15) is 5.10 Å². The Labute approximate surface area is 130 Å². The van der Waals surface area contributed by atoms with Crippen LogP contribution in [0.5, 0.6) is 0 Å². The van der Waals surface area contributed by atoms with Crippen LogP contribution in [0.1, 0.15) is 55.5 Å². The summed E-state index contributed by atoms with van der Waals surface area (Å²) in [5, 5.41) is 15.6. The molecule has 3 rings (SSSR count). The Morgan fingerprint density at radius 2 is 2.05 bits per heavy atom. The normalized spacial score (nSPS) is 17.8. The fourth-order valence-electron chi connectivity index (χ4n) is 3.07. The van der Waals surface area contributed by atoms with E-state index in [2.05, 4.69) is 16.0 Å². The average molecular weight is 305 g/mol. The third-order valence-electron chi connectivity index (χ3n) is 4.25. The van der Waals surface area contributed by atoms with Crippen molar-refractivity contribution >= 4 is 11.6 Å². The molecule has 1 N–H and O–H groups in total. The maximum atomic E-state index is 10.3. The van der Waals surface area contributed by atoms with Gasteiger partial charge in [0.2, 0.25) is 0 Å². The number of hydrogen-bond donors (Lipinski definition) is 1. The quantitative estimate of drug-likeness (QED) is 0.913. The van der Waals surface area contributed by atoms with Crippen LogP contribution in [0, 0.1) is 0 Å². The minimum Gasteiger partial charge on any atom is -0.388 e. The van der Waals surface area contributed by atoms with Gasteiger partial charge in [-0.3, -0.25) is 4.68 Å². The highest BCUT2D eigenvalue weighted by atomic mass is 35.5. The number of aliphatic hydroxyl groups excluding tert-OH is 1. The molecule has 1 heterocycles. The van der Waals surface area contributed by atoms with Crippen LogP contribution in [0.15, 0.2) is 36.5 Å². The van der Waals surface area contributed by atoms with Crippen molar-refractivity contribution in [2.45, 2.75) is 50.7 Å². The zero-order valence-electron chi connectivity index (χ0n) is 12.1. The molecule has 3 nitrogen and oxygen atoms in total. The van der Waals surface area contributed by atoms with Crippen molar-refractivity contribution in [3.63, 3.8) is 0 Å². The lowest BCUT2D eigenvalue weighted by Crippen LogP contribution is -2.13. The first kappa shape index (κ1) is 14.6. The molecule has 2 aromatic rings. The smallest absolute Gasteiger partial charge is 0.0846 e. The van der Waals surface area contributed by atoms with E-state index in [1.54, 1.807) is 0 Å². The number of aromatic nitrogens is 2. The molecule has 1 unspecified atom stereocenters. The lowest BCUT2D eigenvalue weighted by Gasteiger charge is -2.21. The zero-order chi connectivity index (χ0) is 14.7. The maximum Gasteiger partial charge on any atom is 0.0846 e. The number of hydrogen-bond acceptors (Lipinski definition) is 2. The van der Waals surface area contributed by atoms with Gasteiger partial charge < -0.3 is 5.11 Å². The zero-order valence-corrected chi connectivity index (χ0v) is 12.8. The second-order valence-corrected chi connectivity index (χ2v) is 6.29. The molecule has 0 radical (unpaired) electrons. The van der Waals surface area contributed by atoms with E-state index in [-0.39, 0.29) is 0 Å². The van der Waals surface area contributed by atoms with Gasteiger partial charge in [-0.15, -0.1) is 0 Å². The summed E-state index contributed by atoms with van der Waals surface area (Å²) in [5.41, 5.74) is 1.78. The topological polar surface area (TPSA) is 38.0 Å². The first-order chi connectivity index (χ1) is 10.2. The number of halogens is 1. The molecule has 21 heavy (non-hydrogen) atoms. The van der Waals surface area contributed by atoms with Gasteiger partial charge in [-0.25, -0.2) is 0 Å². The first-order valence-corrected chi connectivity index (χ1v) is 8.08. The van der Waals surface area contributed by atoms with Gasteiger partial charge in [0.25, 0.3) is 0 Å². The summed E-state index contributed by atoms with van der Waals surface area (Å²) in [4.78, 5) is 0. The molecule has 0 amide bonds. The van der Waals surface area contributed by atoms with Crippen molar-refractivity contribution in [3.8, 4) is 0 Å². The third-order valence-corrected chi connectivity index (χ3v) is 4.48. The Morgan fingerprint density at radius 3 is 2.81 bits per heavy atom. The van der Waals surface area contributed by atoms with E-state index in [0.29, 0.717) is 17.5 Å². The summed E-state index contributed by atoms with van der Waals surface area (Å²) >= 11 is 5.97. The van der Waals surface area contributed by atoms with Crippen LogP contribution in [0.3, 0.4) is 0 Å². The molecule has 1 aromatic heterocycles. The molecule has 4 heteroatoms. The van der Waals surface area contributed by atoms with Crippen molar-refractivity contribution < 1.29 is 5.11 Å². The summed E-state index contributed by atoms with van der Waals surface area (Å²) in [6.07, 6.45) is 8.40. The van der Waals surface area contributed by atoms with Gasteiger partial charge in [-0.1, -0.05) is 43.0 Å². The Balaban J connectivity index is 1.66. The SMILES string of the molecule is OC(Cc1ccn(C2CCCCC2)n1)c1cccc(Cl)c1. The molecule has 1 aromatic carbocycles. The Kier molecular flexibility index (Phi) is 4.61. The second kappa shape index (κ2) is 6.63. The molecular formula is C17H21ClN2O. The minimum absolute atomic E-state index is 0.528. The first-order valence-electron chi connectivity index (χ1n) is 7.70. The molecule has 0 spiro atoms. The predicted octanol–water partition coefficient (Wildman–Crippen LogP) is 4.32. The fraction of sp³-hybridized carbons (Fsp3) is 0.471. The molecule has 112 valence electrons. The summed E-state index contributed by atoms with van der Waals surface area (Å²) < 4.78 is 2.08. The van der Waals surface area contributed by atoms with Gasteiger partial charge in [0.1, 0.15) is 0 Å². The second-order valence-electron chi connectivity index (χ2n) is 5.85. The van der Waals surface area contributed by atoms with Crippen molar-refractivity contribution in [1.82, 2.24) is 9.78 Å². The highest BCUT2D eigenvalue weighted by molar-refractivity contribution is 6.30. The molecule has 1 aliphatic rings. The summed E-state index contributed by atoms with van der Waals surface area (Å²) in [6, 6.07) is 9.94. The monoisotopic (exact) mass is 304 g/mol. The molecule has 0 bridgehead atoms.